The predicted molar refractivity (Wildman–Crippen MR) is 97.7 cm³/mol. The first-order valence-corrected chi connectivity index (χ1v) is 9.85. The number of allylic oxidation sites excluding steroid dienone is 1. The molecule has 0 radical (unpaired) electrons. The summed E-state index contributed by atoms with van der Waals surface area (Å²) in [6, 6.07) is 4.34. The van der Waals surface area contributed by atoms with E-state index in [1.165, 1.54) is 18.2 Å². The van der Waals surface area contributed by atoms with Crippen LogP contribution in [0.5, 0.6) is 0 Å². The lowest BCUT2D eigenvalue weighted by atomic mass is 9.69. The van der Waals surface area contributed by atoms with Crippen LogP contribution < -0.4 is 0 Å². The summed E-state index contributed by atoms with van der Waals surface area (Å²) < 4.78 is 32.0. The summed E-state index contributed by atoms with van der Waals surface area (Å²) in [5, 5.41) is 0. The molecule has 0 saturated heterocycles. The molecule has 0 aromatic heterocycles. The quantitative estimate of drug-likeness (QED) is 0.491. The normalized spacial score (nSPS) is 29.7. The summed E-state index contributed by atoms with van der Waals surface area (Å²) in [4.78, 5) is 11.6. The molecule has 2 fully saturated rings. The standard InChI is InChI=1S/C22H28F2O2/c1-2-3-22(25)26-19-11-8-16(9-12-19)15-4-6-17(7-5-15)18-10-13-20(23)21(24)14-18/h2-3,10,13-17,19H,4-9,11-12H2,1H3/b3-2+. The molecular formula is C22H28F2O2. The second-order valence-electron chi connectivity index (χ2n) is 7.76. The first-order valence-electron chi connectivity index (χ1n) is 9.85. The molecule has 142 valence electrons. The Morgan fingerprint density at radius 2 is 1.58 bits per heavy atom. The Balaban J connectivity index is 1.45. The minimum Gasteiger partial charge on any atom is -0.459 e. The van der Waals surface area contributed by atoms with E-state index in [0.29, 0.717) is 17.8 Å². The van der Waals surface area contributed by atoms with Gasteiger partial charge in [0.15, 0.2) is 11.6 Å². The topological polar surface area (TPSA) is 26.3 Å². The molecule has 0 amide bonds. The number of hydrogen-bond donors (Lipinski definition) is 0. The lowest BCUT2D eigenvalue weighted by molar-refractivity contribution is -0.145. The fourth-order valence-corrected chi connectivity index (χ4v) is 4.71. The Bertz CT molecular complexity index is 640. The number of benzene rings is 1. The number of rotatable bonds is 4. The van der Waals surface area contributed by atoms with Crippen LogP contribution in [0.25, 0.3) is 0 Å². The molecular weight excluding hydrogens is 334 g/mol. The van der Waals surface area contributed by atoms with Gasteiger partial charge in [0.05, 0.1) is 0 Å². The highest BCUT2D eigenvalue weighted by Gasteiger charge is 2.32. The van der Waals surface area contributed by atoms with Crippen molar-refractivity contribution in [1.82, 2.24) is 0 Å². The molecule has 26 heavy (non-hydrogen) atoms. The van der Waals surface area contributed by atoms with Crippen molar-refractivity contribution in [2.75, 3.05) is 0 Å². The third-order valence-electron chi connectivity index (χ3n) is 6.16. The van der Waals surface area contributed by atoms with Crippen molar-refractivity contribution < 1.29 is 18.3 Å². The fourth-order valence-electron chi connectivity index (χ4n) is 4.71. The smallest absolute Gasteiger partial charge is 0.330 e. The summed E-state index contributed by atoms with van der Waals surface area (Å²) in [5.74, 6) is 0.0218. The van der Waals surface area contributed by atoms with E-state index in [-0.39, 0.29) is 12.1 Å². The summed E-state index contributed by atoms with van der Waals surface area (Å²) in [6.45, 7) is 1.81. The van der Waals surface area contributed by atoms with Gasteiger partial charge in [-0.15, -0.1) is 0 Å². The van der Waals surface area contributed by atoms with E-state index in [1.54, 1.807) is 12.1 Å². The molecule has 2 nitrogen and oxygen atoms in total. The third-order valence-corrected chi connectivity index (χ3v) is 6.16. The molecule has 1 aromatic rings. The van der Waals surface area contributed by atoms with Crippen molar-refractivity contribution in [3.05, 3.63) is 47.5 Å². The fraction of sp³-hybridized carbons (Fsp3) is 0.591. The van der Waals surface area contributed by atoms with Crippen LogP contribution in [0.15, 0.2) is 30.4 Å². The molecule has 0 spiro atoms. The van der Waals surface area contributed by atoms with Crippen LogP contribution in [0.2, 0.25) is 0 Å². The molecule has 1 aromatic carbocycles. The van der Waals surface area contributed by atoms with Crippen molar-refractivity contribution in [2.45, 2.75) is 70.3 Å². The molecule has 2 aliphatic rings. The average molecular weight is 362 g/mol. The van der Waals surface area contributed by atoms with E-state index in [1.807, 2.05) is 6.92 Å². The van der Waals surface area contributed by atoms with Crippen molar-refractivity contribution in [2.24, 2.45) is 11.8 Å². The van der Waals surface area contributed by atoms with Gasteiger partial charge in [-0.2, -0.15) is 0 Å². The molecule has 0 aliphatic heterocycles. The monoisotopic (exact) mass is 362 g/mol. The maximum atomic E-state index is 13.5. The number of esters is 1. The number of ether oxygens (including phenoxy) is 1. The Morgan fingerprint density at radius 3 is 2.15 bits per heavy atom. The number of carbonyl (C=O) groups is 1. The van der Waals surface area contributed by atoms with Gasteiger partial charge in [0, 0.05) is 6.08 Å². The van der Waals surface area contributed by atoms with Gasteiger partial charge in [-0.05, 0) is 93.7 Å². The zero-order valence-electron chi connectivity index (χ0n) is 15.4. The van der Waals surface area contributed by atoms with Crippen LogP contribution in [-0.4, -0.2) is 12.1 Å². The van der Waals surface area contributed by atoms with Crippen LogP contribution in [-0.2, 0) is 9.53 Å². The second kappa shape index (κ2) is 8.79. The van der Waals surface area contributed by atoms with E-state index in [2.05, 4.69) is 0 Å². The molecule has 2 saturated carbocycles. The van der Waals surface area contributed by atoms with Crippen LogP contribution in [0.4, 0.5) is 8.78 Å². The number of carbonyl (C=O) groups excluding carboxylic acids is 1. The summed E-state index contributed by atoms with van der Waals surface area (Å²) in [5.41, 5.74) is 0.932. The Kier molecular flexibility index (Phi) is 6.44. The Labute approximate surface area is 154 Å². The molecule has 0 atom stereocenters. The lowest BCUT2D eigenvalue weighted by Crippen LogP contribution is -2.29. The summed E-state index contributed by atoms with van der Waals surface area (Å²) in [6.07, 6.45) is 11.8. The van der Waals surface area contributed by atoms with E-state index in [4.69, 9.17) is 4.74 Å². The average Bonchev–Trinajstić information content (AvgIpc) is 2.65. The second-order valence-corrected chi connectivity index (χ2v) is 7.76. The Morgan fingerprint density at radius 1 is 0.962 bits per heavy atom. The number of hydrogen-bond acceptors (Lipinski definition) is 2. The van der Waals surface area contributed by atoms with Gasteiger partial charge in [0.1, 0.15) is 6.10 Å². The highest BCUT2D eigenvalue weighted by atomic mass is 19.2. The van der Waals surface area contributed by atoms with E-state index >= 15 is 0 Å². The maximum Gasteiger partial charge on any atom is 0.330 e. The minimum atomic E-state index is -0.769. The molecule has 3 rings (SSSR count). The molecule has 0 unspecified atom stereocenters. The van der Waals surface area contributed by atoms with E-state index in [9.17, 15) is 13.6 Å². The van der Waals surface area contributed by atoms with Gasteiger partial charge in [-0.3, -0.25) is 0 Å². The first-order chi connectivity index (χ1) is 12.6. The lowest BCUT2D eigenvalue weighted by Gasteiger charge is -2.37. The first kappa shape index (κ1) is 19.1. The molecule has 2 aliphatic carbocycles. The highest BCUT2D eigenvalue weighted by molar-refractivity contribution is 5.81. The molecule has 4 heteroatoms. The van der Waals surface area contributed by atoms with Gasteiger partial charge in [-0.1, -0.05) is 12.1 Å². The molecule has 0 N–H and O–H groups in total. The van der Waals surface area contributed by atoms with Gasteiger partial charge in [0.25, 0.3) is 0 Å². The van der Waals surface area contributed by atoms with Gasteiger partial charge >= 0.3 is 5.97 Å². The van der Waals surface area contributed by atoms with Crippen molar-refractivity contribution in [1.29, 1.82) is 0 Å². The highest BCUT2D eigenvalue weighted by Crippen LogP contribution is 2.43. The van der Waals surface area contributed by atoms with Crippen molar-refractivity contribution in [3.63, 3.8) is 0 Å². The van der Waals surface area contributed by atoms with E-state index < -0.39 is 11.6 Å². The summed E-state index contributed by atoms with van der Waals surface area (Å²) in [7, 11) is 0. The van der Waals surface area contributed by atoms with E-state index in [0.717, 1.165) is 56.9 Å². The van der Waals surface area contributed by atoms with Crippen LogP contribution >= 0.6 is 0 Å². The Hall–Kier alpha value is -1.71. The minimum absolute atomic E-state index is 0.0634. The largest absolute Gasteiger partial charge is 0.459 e. The van der Waals surface area contributed by atoms with Gasteiger partial charge < -0.3 is 4.74 Å². The zero-order valence-corrected chi connectivity index (χ0v) is 15.4. The van der Waals surface area contributed by atoms with Gasteiger partial charge in [-0.25, -0.2) is 13.6 Å². The molecule has 0 bridgehead atoms. The summed E-state index contributed by atoms with van der Waals surface area (Å²) >= 11 is 0. The van der Waals surface area contributed by atoms with Gasteiger partial charge in [0.2, 0.25) is 0 Å². The van der Waals surface area contributed by atoms with Crippen LogP contribution in [0.3, 0.4) is 0 Å². The van der Waals surface area contributed by atoms with Crippen LogP contribution in [0, 0.1) is 23.5 Å². The third kappa shape index (κ3) is 4.72. The SMILES string of the molecule is C/C=C/C(=O)OC1CCC(C2CCC(c3ccc(F)c(F)c3)CC2)CC1. The predicted octanol–water partition coefficient (Wildman–Crippen LogP) is 5.92. The maximum absolute atomic E-state index is 13.5. The number of halogens is 2. The van der Waals surface area contributed by atoms with Crippen molar-refractivity contribution in [3.8, 4) is 0 Å². The molecule has 0 heterocycles. The van der Waals surface area contributed by atoms with Crippen LogP contribution in [0.1, 0.15) is 69.8 Å². The van der Waals surface area contributed by atoms with Crippen molar-refractivity contribution >= 4 is 5.97 Å². The zero-order chi connectivity index (χ0) is 18.5.